The van der Waals surface area contributed by atoms with Crippen molar-refractivity contribution >= 4 is 17.6 Å². The Kier molecular flexibility index (Phi) is 8.05. The zero-order valence-corrected chi connectivity index (χ0v) is 17.4. The van der Waals surface area contributed by atoms with E-state index in [9.17, 15) is 4.79 Å². The molecule has 1 heterocycles. The first kappa shape index (κ1) is 21.6. The molecule has 3 rings (SSSR count). The summed E-state index contributed by atoms with van der Waals surface area (Å²) >= 11 is 0. The molecule has 160 valence electrons. The van der Waals surface area contributed by atoms with Crippen molar-refractivity contribution in [2.45, 2.75) is 0 Å². The van der Waals surface area contributed by atoms with E-state index in [2.05, 4.69) is 20.5 Å². The van der Waals surface area contributed by atoms with Gasteiger partial charge in [0.15, 0.2) is 11.5 Å². The molecule has 2 N–H and O–H groups in total. The number of methoxy groups -OCH3 is 2. The molecule has 30 heavy (non-hydrogen) atoms. The van der Waals surface area contributed by atoms with E-state index in [0.29, 0.717) is 29.6 Å². The lowest BCUT2D eigenvalue weighted by Crippen LogP contribution is -2.39. The van der Waals surface area contributed by atoms with Gasteiger partial charge in [0.2, 0.25) is 5.96 Å². The van der Waals surface area contributed by atoms with E-state index in [0.717, 1.165) is 38.5 Å². The SMILES string of the molecule is COc1ccc(C(=O)NC(=NCCN2CCOCC2)Nc2ccccc2)cc1OC. The second-order valence-electron chi connectivity index (χ2n) is 6.70. The molecule has 1 saturated heterocycles. The number of carbonyl (C=O) groups is 1. The van der Waals surface area contributed by atoms with Gasteiger partial charge in [-0.25, -0.2) is 0 Å². The van der Waals surface area contributed by atoms with Crippen LogP contribution in [0.1, 0.15) is 10.4 Å². The predicted octanol–water partition coefficient (Wildman–Crippen LogP) is 2.23. The van der Waals surface area contributed by atoms with Crippen LogP contribution in [-0.4, -0.2) is 70.4 Å². The molecule has 8 heteroatoms. The molecule has 0 bridgehead atoms. The molecule has 0 aliphatic carbocycles. The van der Waals surface area contributed by atoms with Gasteiger partial charge in [-0.15, -0.1) is 0 Å². The zero-order chi connectivity index (χ0) is 21.2. The highest BCUT2D eigenvalue weighted by molar-refractivity contribution is 6.10. The van der Waals surface area contributed by atoms with Gasteiger partial charge >= 0.3 is 0 Å². The number of para-hydroxylation sites is 1. The number of benzene rings is 2. The first-order valence-corrected chi connectivity index (χ1v) is 9.89. The number of guanidine groups is 1. The standard InChI is InChI=1S/C22H28N4O4/c1-28-19-9-8-17(16-20(19)29-2)21(27)25-22(24-18-6-4-3-5-7-18)23-10-11-26-12-14-30-15-13-26/h3-9,16H,10-15H2,1-2H3,(H2,23,24,25,27). The van der Waals surface area contributed by atoms with Crippen molar-refractivity contribution in [3.05, 3.63) is 54.1 Å². The molecule has 0 aromatic heterocycles. The molecule has 2 aromatic rings. The van der Waals surface area contributed by atoms with Crippen LogP contribution >= 0.6 is 0 Å². The van der Waals surface area contributed by atoms with E-state index in [1.54, 1.807) is 25.3 Å². The Bertz CT molecular complexity index is 851. The maximum Gasteiger partial charge on any atom is 0.258 e. The van der Waals surface area contributed by atoms with Crippen molar-refractivity contribution in [1.29, 1.82) is 0 Å². The van der Waals surface area contributed by atoms with Gasteiger partial charge in [0.25, 0.3) is 5.91 Å². The maximum atomic E-state index is 12.8. The highest BCUT2D eigenvalue weighted by atomic mass is 16.5. The van der Waals surface area contributed by atoms with Crippen molar-refractivity contribution in [3.8, 4) is 11.5 Å². The Morgan fingerprint density at radius 2 is 1.80 bits per heavy atom. The second kappa shape index (κ2) is 11.2. The van der Waals surface area contributed by atoms with Crippen molar-refractivity contribution in [2.24, 2.45) is 4.99 Å². The highest BCUT2D eigenvalue weighted by Crippen LogP contribution is 2.27. The lowest BCUT2D eigenvalue weighted by molar-refractivity contribution is 0.0394. The molecule has 0 unspecified atom stereocenters. The van der Waals surface area contributed by atoms with E-state index in [1.807, 2.05) is 30.3 Å². The Labute approximate surface area is 176 Å². The summed E-state index contributed by atoms with van der Waals surface area (Å²) in [6, 6.07) is 14.6. The average molecular weight is 412 g/mol. The van der Waals surface area contributed by atoms with Gasteiger partial charge in [0, 0.05) is 30.9 Å². The molecule has 0 spiro atoms. The number of amides is 1. The first-order valence-electron chi connectivity index (χ1n) is 9.89. The number of morpholine rings is 1. The van der Waals surface area contributed by atoms with Gasteiger partial charge in [-0.3, -0.25) is 20.0 Å². The summed E-state index contributed by atoms with van der Waals surface area (Å²) in [5.74, 6) is 1.17. The van der Waals surface area contributed by atoms with Crippen molar-refractivity contribution in [2.75, 3.05) is 58.9 Å². The summed E-state index contributed by atoms with van der Waals surface area (Å²) in [6.07, 6.45) is 0. The van der Waals surface area contributed by atoms with Crippen LogP contribution in [0, 0.1) is 0 Å². The first-order chi connectivity index (χ1) is 14.7. The zero-order valence-electron chi connectivity index (χ0n) is 17.4. The summed E-state index contributed by atoms with van der Waals surface area (Å²) in [6.45, 7) is 4.64. The molecule has 8 nitrogen and oxygen atoms in total. The number of rotatable bonds is 7. The summed E-state index contributed by atoms with van der Waals surface area (Å²) < 4.78 is 15.9. The number of carbonyl (C=O) groups excluding carboxylic acids is 1. The normalized spacial score (nSPS) is 14.8. The molecule has 0 atom stereocenters. The smallest absolute Gasteiger partial charge is 0.258 e. The number of ether oxygens (including phenoxy) is 3. The quantitative estimate of drug-likeness (QED) is 0.536. The average Bonchev–Trinajstić information content (AvgIpc) is 2.79. The number of hydrogen-bond acceptors (Lipinski definition) is 6. The highest BCUT2D eigenvalue weighted by Gasteiger charge is 2.14. The van der Waals surface area contributed by atoms with E-state index in [-0.39, 0.29) is 5.91 Å². The van der Waals surface area contributed by atoms with Crippen molar-refractivity contribution in [1.82, 2.24) is 10.2 Å². The topological polar surface area (TPSA) is 84.4 Å². The van der Waals surface area contributed by atoms with Gasteiger partial charge in [0.05, 0.1) is 34.0 Å². The lowest BCUT2D eigenvalue weighted by atomic mass is 10.2. The maximum absolute atomic E-state index is 12.8. The fourth-order valence-corrected chi connectivity index (χ4v) is 3.05. The molecule has 1 aliphatic rings. The van der Waals surface area contributed by atoms with Crippen molar-refractivity contribution in [3.63, 3.8) is 0 Å². The minimum Gasteiger partial charge on any atom is -0.493 e. The monoisotopic (exact) mass is 412 g/mol. The van der Waals surface area contributed by atoms with Gasteiger partial charge in [-0.05, 0) is 30.3 Å². The van der Waals surface area contributed by atoms with Crippen LogP contribution in [0.5, 0.6) is 11.5 Å². The van der Waals surface area contributed by atoms with Gasteiger partial charge in [-0.2, -0.15) is 0 Å². The van der Waals surface area contributed by atoms with Gasteiger partial charge in [0.1, 0.15) is 0 Å². The summed E-state index contributed by atoms with van der Waals surface area (Å²) in [5.41, 5.74) is 1.29. The molecule has 0 saturated carbocycles. The predicted molar refractivity (Wildman–Crippen MR) is 117 cm³/mol. The minimum absolute atomic E-state index is 0.287. The Hall–Kier alpha value is -3.10. The van der Waals surface area contributed by atoms with Gasteiger partial charge < -0.3 is 19.5 Å². The summed E-state index contributed by atoms with van der Waals surface area (Å²) in [5, 5.41) is 6.06. The minimum atomic E-state index is -0.287. The molecular weight excluding hydrogens is 384 g/mol. The van der Waals surface area contributed by atoms with Crippen LogP contribution in [0.15, 0.2) is 53.5 Å². The fourth-order valence-electron chi connectivity index (χ4n) is 3.05. The van der Waals surface area contributed by atoms with E-state index >= 15 is 0 Å². The summed E-state index contributed by atoms with van der Waals surface area (Å²) in [7, 11) is 3.09. The van der Waals surface area contributed by atoms with Crippen LogP contribution < -0.4 is 20.1 Å². The van der Waals surface area contributed by atoms with Crippen LogP contribution in [-0.2, 0) is 4.74 Å². The van der Waals surface area contributed by atoms with Crippen LogP contribution in [0.3, 0.4) is 0 Å². The Morgan fingerprint density at radius 3 is 2.50 bits per heavy atom. The van der Waals surface area contributed by atoms with Gasteiger partial charge in [-0.1, -0.05) is 18.2 Å². The molecule has 1 aliphatic heterocycles. The fraction of sp³-hybridized carbons (Fsp3) is 0.364. The number of aliphatic imine (C=N–C) groups is 1. The molecular formula is C22H28N4O4. The third-order valence-electron chi connectivity index (χ3n) is 4.70. The number of hydrogen-bond donors (Lipinski definition) is 2. The van der Waals surface area contributed by atoms with Crippen molar-refractivity contribution < 1.29 is 19.0 Å². The molecule has 1 fully saturated rings. The number of anilines is 1. The lowest BCUT2D eigenvalue weighted by Gasteiger charge is -2.25. The Morgan fingerprint density at radius 1 is 1.07 bits per heavy atom. The van der Waals surface area contributed by atoms with E-state index in [4.69, 9.17) is 14.2 Å². The number of nitrogens with one attached hydrogen (secondary N) is 2. The van der Waals surface area contributed by atoms with Crippen LogP contribution in [0.25, 0.3) is 0 Å². The third-order valence-corrected chi connectivity index (χ3v) is 4.70. The molecule has 0 radical (unpaired) electrons. The van der Waals surface area contributed by atoms with Crippen LogP contribution in [0.2, 0.25) is 0 Å². The molecule has 1 amide bonds. The van der Waals surface area contributed by atoms with E-state index in [1.165, 1.54) is 7.11 Å². The summed E-state index contributed by atoms with van der Waals surface area (Å²) in [4.78, 5) is 19.7. The van der Waals surface area contributed by atoms with E-state index < -0.39 is 0 Å². The van der Waals surface area contributed by atoms with Crippen LogP contribution in [0.4, 0.5) is 5.69 Å². The Balaban J connectivity index is 1.70. The number of nitrogens with zero attached hydrogens (tertiary/aromatic N) is 2. The third kappa shape index (κ3) is 6.20. The molecule has 2 aromatic carbocycles. The largest absolute Gasteiger partial charge is 0.493 e. The second-order valence-corrected chi connectivity index (χ2v) is 6.70.